The smallest absolute Gasteiger partial charge is 0.303 e. The lowest BCUT2D eigenvalue weighted by Gasteiger charge is -2.15. The van der Waals surface area contributed by atoms with Crippen molar-refractivity contribution in [2.45, 2.75) is 32.2 Å². The zero-order chi connectivity index (χ0) is 12.7. The third kappa shape index (κ3) is 5.49. The second kappa shape index (κ2) is 7.06. The summed E-state index contributed by atoms with van der Waals surface area (Å²) in [5.41, 5.74) is 0. The van der Waals surface area contributed by atoms with Crippen LogP contribution in [0.25, 0.3) is 0 Å². The number of carbonyl (C=O) groups is 2. The summed E-state index contributed by atoms with van der Waals surface area (Å²) < 4.78 is 0. The van der Waals surface area contributed by atoms with Crippen LogP contribution in [-0.4, -0.2) is 28.9 Å². The zero-order valence-corrected chi connectivity index (χ0v) is 10.7. The molecule has 1 aromatic rings. The number of hydrogen-bond donors (Lipinski definition) is 1. The predicted octanol–water partition coefficient (Wildman–Crippen LogP) is 2.35. The standard InChI is InChI=1S/C12H17NO3S/c1-13(9-10-5-4-8-17-10)11(14)6-2-3-7-12(15)16/h4-5,8H,2-3,6-7,9H2,1H3,(H,15,16). The van der Waals surface area contributed by atoms with Crippen LogP contribution >= 0.6 is 11.3 Å². The molecule has 0 aromatic carbocycles. The highest BCUT2D eigenvalue weighted by Gasteiger charge is 2.09. The van der Waals surface area contributed by atoms with E-state index in [1.54, 1.807) is 23.3 Å². The molecule has 0 radical (unpaired) electrons. The summed E-state index contributed by atoms with van der Waals surface area (Å²) >= 11 is 1.63. The van der Waals surface area contributed by atoms with Gasteiger partial charge in [0.05, 0.1) is 6.54 Å². The number of thiophene rings is 1. The first-order valence-electron chi connectivity index (χ1n) is 5.57. The molecule has 0 aliphatic heterocycles. The first kappa shape index (κ1) is 13.7. The van der Waals surface area contributed by atoms with E-state index >= 15 is 0 Å². The van der Waals surface area contributed by atoms with Gasteiger partial charge in [-0.05, 0) is 24.3 Å². The fourth-order valence-electron chi connectivity index (χ4n) is 1.47. The molecule has 0 unspecified atom stereocenters. The normalized spacial score (nSPS) is 10.2. The minimum atomic E-state index is -0.801. The topological polar surface area (TPSA) is 57.6 Å². The molecule has 1 amide bonds. The summed E-state index contributed by atoms with van der Waals surface area (Å²) in [7, 11) is 1.78. The fraction of sp³-hybridized carbons (Fsp3) is 0.500. The van der Waals surface area contributed by atoms with Crippen molar-refractivity contribution in [3.63, 3.8) is 0 Å². The Kier molecular flexibility index (Phi) is 5.69. The van der Waals surface area contributed by atoms with Crippen LogP contribution in [0.1, 0.15) is 30.6 Å². The molecular weight excluding hydrogens is 238 g/mol. The van der Waals surface area contributed by atoms with Gasteiger partial charge in [-0.1, -0.05) is 6.07 Å². The Morgan fingerprint density at radius 3 is 2.65 bits per heavy atom. The highest BCUT2D eigenvalue weighted by molar-refractivity contribution is 7.09. The molecule has 0 atom stereocenters. The van der Waals surface area contributed by atoms with Gasteiger partial charge in [-0.3, -0.25) is 9.59 Å². The van der Waals surface area contributed by atoms with Gasteiger partial charge in [0.2, 0.25) is 5.91 Å². The number of carboxylic acid groups (broad SMARTS) is 1. The lowest BCUT2D eigenvalue weighted by atomic mass is 10.2. The van der Waals surface area contributed by atoms with Crippen molar-refractivity contribution < 1.29 is 14.7 Å². The third-order valence-electron chi connectivity index (χ3n) is 2.43. The van der Waals surface area contributed by atoms with Crippen LogP contribution in [0.2, 0.25) is 0 Å². The molecule has 1 rings (SSSR count). The lowest BCUT2D eigenvalue weighted by Crippen LogP contribution is -2.25. The average molecular weight is 255 g/mol. The third-order valence-corrected chi connectivity index (χ3v) is 3.29. The Bertz CT molecular complexity index is 362. The Morgan fingerprint density at radius 1 is 1.35 bits per heavy atom. The maximum absolute atomic E-state index is 11.7. The summed E-state index contributed by atoms with van der Waals surface area (Å²) in [5.74, 6) is -0.729. The first-order chi connectivity index (χ1) is 8.09. The number of hydrogen-bond acceptors (Lipinski definition) is 3. The summed E-state index contributed by atoms with van der Waals surface area (Å²) in [5, 5.41) is 10.5. The molecule has 5 heteroatoms. The van der Waals surface area contributed by atoms with E-state index in [1.807, 2.05) is 17.5 Å². The summed E-state index contributed by atoms with van der Waals surface area (Å²) in [6.07, 6.45) is 1.77. The molecule has 94 valence electrons. The summed E-state index contributed by atoms with van der Waals surface area (Å²) in [4.78, 5) is 24.8. The molecule has 0 aliphatic carbocycles. The van der Waals surface area contributed by atoms with Crippen LogP contribution in [0.5, 0.6) is 0 Å². The van der Waals surface area contributed by atoms with Gasteiger partial charge in [-0.25, -0.2) is 0 Å². The molecule has 0 fully saturated rings. The van der Waals surface area contributed by atoms with Gasteiger partial charge in [-0.15, -0.1) is 11.3 Å². The molecule has 1 aromatic heterocycles. The minimum Gasteiger partial charge on any atom is -0.481 e. The Labute approximate surface area is 105 Å². The maximum Gasteiger partial charge on any atom is 0.303 e. The summed E-state index contributed by atoms with van der Waals surface area (Å²) in [6.45, 7) is 0.634. The van der Waals surface area contributed by atoms with Crippen molar-refractivity contribution in [3.05, 3.63) is 22.4 Å². The number of nitrogens with zero attached hydrogens (tertiary/aromatic N) is 1. The zero-order valence-electron chi connectivity index (χ0n) is 9.89. The predicted molar refractivity (Wildman–Crippen MR) is 66.9 cm³/mol. The van der Waals surface area contributed by atoms with Crippen molar-refractivity contribution >= 4 is 23.2 Å². The number of aliphatic carboxylic acids is 1. The molecule has 0 saturated carbocycles. The van der Waals surface area contributed by atoms with Crippen molar-refractivity contribution in [3.8, 4) is 0 Å². The quantitative estimate of drug-likeness (QED) is 0.761. The minimum absolute atomic E-state index is 0.0730. The maximum atomic E-state index is 11.7. The number of amides is 1. The van der Waals surface area contributed by atoms with Crippen LogP contribution in [0, 0.1) is 0 Å². The van der Waals surface area contributed by atoms with Crippen LogP contribution in [0.4, 0.5) is 0 Å². The Hall–Kier alpha value is -1.36. The van der Waals surface area contributed by atoms with Gasteiger partial charge >= 0.3 is 5.97 Å². The van der Waals surface area contributed by atoms with Crippen molar-refractivity contribution in [2.24, 2.45) is 0 Å². The number of carboxylic acids is 1. The fourth-order valence-corrected chi connectivity index (χ4v) is 2.23. The lowest BCUT2D eigenvalue weighted by molar-refractivity contribution is -0.137. The van der Waals surface area contributed by atoms with E-state index in [0.717, 1.165) is 4.88 Å². The molecule has 1 N–H and O–H groups in total. The molecule has 17 heavy (non-hydrogen) atoms. The molecule has 1 heterocycles. The highest BCUT2D eigenvalue weighted by atomic mass is 32.1. The van der Waals surface area contributed by atoms with Gasteiger partial charge in [0.1, 0.15) is 0 Å². The number of carbonyl (C=O) groups excluding carboxylic acids is 1. The van der Waals surface area contributed by atoms with Gasteiger partial charge in [0.25, 0.3) is 0 Å². The molecular formula is C12H17NO3S. The van der Waals surface area contributed by atoms with E-state index in [2.05, 4.69) is 0 Å². The van der Waals surface area contributed by atoms with E-state index in [9.17, 15) is 9.59 Å². The van der Waals surface area contributed by atoms with Crippen molar-refractivity contribution in [2.75, 3.05) is 7.05 Å². The molecule has 0 spiro atoms. The monoisotopic (exact) mass is 255 g/mol. The van der Waals surface area contributed by atoms with E-state index in [1.165, 1.54) is 0 Å². The molecule has 0 aliphatic rings. The second-order valence-corrected chi connectivity index (χ2v) is 4.96. The first-order valence-corrected chi connectivity index (χ1v) is 6.45. The highest BCUT2D eigenvalue weighted by Crippen LogP contribution is 2.12. The second-order valence-electron chi connectivity index (χ2n) is 3.93. The van der Waals surface area contributed by atoms with Gasteiger partial charge in [-0.2, -0.15) is 0 Å². The summed E-state index contributed by atoms with van der Waals surface area (Å²) in [6, 6.07) is 3.96. The van der Waals surface area contributed by atoms with Crippen molar-refractivity contribution in [1.82, 2.24) is 4.90 Å². The van der Waals surface area contributed by atoms with Crippen LogP contribution in [0.15, 0.2) is 17.5 Å². The van der Waals surface area contributed by atoms with Crippen LogP contribution < -0.4 is 0 Å². The van der Waals surface area contributed by atoms with E-state index in [0.29, 0.717) is 25.8 Å². The number of unbranched alkanes of at least 4 members (excludes halogenated alkanes) is 1. The molecule has 4 nitrogen and oxygen atoms in total. The van der Waals surface area contributed by atoms with E-state index < -0.39 is 5.97 Å². The Morgan fingerprint density at radius 2 is 2.06 bits per heavy atom. The van der Waals surface area contributed by atoms with Crippen LogP contribution in [0.3, 0.4) is 0 Å². The van der Waals surface area contributed by atoms with Gasteiger partial charge in [0, 0.05) is 24.8 Å². The molecule has 0 saturated heterocycles. The average Bonchev–Trinajstić information content (AvgIpc) is 2.76. The molecule has 0 bridgehead atoms. The van der Waals surface area contributed by atoms with Gasteiger partial charge < -0.3 is 10.0 Å². The SMILES string of the molecule is CN(Cc1cccs1)C(=O)CCCCC(=O)O. The van der Waals surface area contributed by atoms with E-state index in [4.69, 9.17) is 5.11 Å². The van der Waals surface area contributed by atoms with Crippen LogP contribution in [-0.2, 0) is 16.1 Å². The number of rotatable bonds is 7. The van der Waals surface area contributed by atoms with E-state index in [-0.39, 0.29) is 12.3 Å². The van der Waals surface area contributed by atoms with Crippen molar-refractivity contribution in [1.29, 1.82) is 0 Å². The largest absolute Gasteiger partial charge is 0.481 e. The van der Waals surface area contributed by atoms with Gasteiger partial charge in [0.15, 0.2) is 0 Å². The Balaban J connectivity index is 2.20.